The number of aromatic nitrogens is 2. The van der Waals surface area contributed by atoms with Crippen molar-refractivity contribution in [3.05, 3.63) is 54.7 Å². The van der Waals surface area contributed by atoms with E-state index in [1.807, 2.05) is 0 Å². The summed E-state index contributed by atoms with van der Waals surface area (Å²) >= 11 is 0. The summed E-state index contributed by atoms with van der Waals surface area (Å²) in [5.74, 6) is -0.682. The van der Waals surface area contributed by atoms with Crippen LogP contribution in [0, 0.1) is 0 Å². The first-order valence-electron chi connectivity index (χ1n) is 12.8. The summed E-state index contributed by atoms with van der Waals surface area (Å²) in [4.78, 5) is 31.3. The number of esters is 1. The lowest BCUT2D eigenvalue weighted by atomic mass is 10.1. The van der Waals surface area contributed by atoms with E-state index in [1.165, 1.54) is 19.3 Å². The molecule has 7 heteroatoms. The molecule has 0 fully saturated rings. The fourth-order valence-electron chi connectivity index (χ4n) is 3.37. The van der Waals surface area contributed by atoms with Crippen LogP contribution in [0.3, 0.4) is 0 Å². The third kappa shape index (κ3) is 16.0. The van der Waals surface area contributed by atoms with E-state index in [2.05, 4.69) is 58.7 Å². The number of hydrogen-bond acceptors (Lipinski definition) is 5. The standard InChI is InChI=1S/C27H44N4O3/c1-2-3-4-5-6-7-8-9-10-11-12-13-14-15-16-17-20-34-27(33)25(31-26(32)18-19-28)21-24-22-29-23-30-24/h3-4,6-7,9-10,22-23,25H,2,5,8,11-21,28H2,1H3,(H,29,30)(H,31,32)/b4-3-,7-6-,10-9-. The zero-order valence-corrected chi connectivity index (χ0v) is 20.8. The van der Waals surface area contributed by atoms with Gasteiger partial charge in [-0.15, -0.1) is 0 Å². The molecule has 1 aromatic heterocycles. The first-order valence-corrected chi connectivity index (χ1v) is 12.8. The molecule has 1 aromatic rings. The van der Waals surface area contributed by atoms with Crippen molar-refractivity contribution < 1.29 is 14.3 Å². The van der Waals surface area contributed by atoms with Gasteiger partial charge >= 0.3 is 5.97 Å². The molecule has 1 unspecified atom stereocenters. The van der Waals surface area contributed by atoms with E-state index >= 15 is 0 Å². The summed E-state index contributed by atoms with van der Waals surface area (Å²) < 4.78 is 5.41. The van der Waals surface area contributed by atoms with E-state index < -0.39 is 12.0 Å². The molecule has 1 rings (SSSR count). The molecule has 1 heterocycles. The van der Waals surface area contributed by atoms with Crippen molar-refractivity contribution in [3.63, 3.8) is 0 Å². The number of allylic oxidation sites excluding steroid dienone is 6. The van der Waals surface area contributed by atoms with Gasteiger partial charge in [0.2, 0.25) is 5.91 Å². The van der Waals surface area contributed by atoms with Crippen LogP contribution in [-0.4, -0.2) is 41.0 Å². The Hall–Kier alpha value is -2.67. The second-order valence-corrected chi connectivity index (χ2v) is 8.29. The lowest BCUT2D eigenvalue weighted by Crippen LogP contribution is -2.44. The molecule has 190 valence electrons. The SMILES string of the molecule is CC/C=C\C/C=C\C/C=C\CCCCCCCCOC(=O)C(Cc1c[nH]cn1)NC(=O)CCN. The van der Waals surface area contributed by atoms with E-state index in [0.717, 1.165) is 44.9 Å². The maximum Gasteiger partial charge on any atom is 0.329 e. The molecule has 0 radical (unpaired) electrons. The van der Waals surface area contributed by atoms with Gasteiger partial charge in [0.15, 0.2) is 0 Å². The number of nitrogens with two attached hydrogens (primary N) is 1. The molecule has 0 bridgehead atoms. The van der Waals surface area contributed by atoms with Gasteiger partial charge in [-0.25, -0.2) is 9.78 Å². The van der Waals surface area contributed by atoms with Gasteiger partial charge in [0.1, 0.15) is 6.04 Å². The minimum atomic E-state index is -0.746. The molecule has 0 aliphatic rings. The summed E-state index contributed by atoms with van der Waals surface area (Å²) in [5.41, 5.74) is 6.12. The Labute approximate surface area is 205 Å². The molecule has 1 amide bonds. The number of H-pyrrole nitrogens is 1. The number of hydrogen-bond donors (Lipinski definition) is 3. The van der Waals surface area contributed by atoms with Gasteiger partial charge in [-0.1, -0.05) is 69.1 Å². The lowest BCUT2D eigenvalue weighted by molar-refractivity contribution is -0.148. The van der Waals surface area contributed by atoms with Crippen molar-refractivity contribution in [3.8, 4) is 0 Å². The van der Waals surface area contributed by atoms with E-state index in [1.54, 1.807) is 12.5 Å². The van der Waals surface area contributed by atoms with Gasteiger partial charge in [0.05, 0.1) is 18.6 Å². The number of carbonyl (C=O) groups excluding carboxylic acids is 2. The van der Waals surface area contributed by atoms with E-state index in [-0.39, 0.29) is 18.9 Å². The summed E-state index contributed by atoms with van der Waals surface area (Å²) in [5, 5.41) is 2.70. The van der Waals surface area contributed by atoms with E-state index in [9.17, 15) is 9.59 Å². The molecule has 1 atom stereocenters. The van der Waals surface area contributed by atoms with Crippen LogP contribution in [0.25, 0.3) is 0 Å². The van der Waals surface area contributed by atoms with Gasteiger partial charge in [-0.05, 0) is 38.5 Å². The fraction of sp³-hybridized carbons (Fsp3) is 0.593. The summed E-state index contributed by atoms with van der Waals surface area (Å²) in [7, 11) is 0. The number of amides is 1. The number of rotatable bonds is 20. The fourth-order valence-corrected chi connectivity index (χ4v) is 3.37. The normalized spacial score (nSPS) is 12.6. The average molecular weight is 473 g/mol. The van der Waals surface area contributed by atoms with Crippen molar-refractivity contribution in [2.45, 2.75) is 90.0 Å². The van der Waals surface area contributed by atoms with Crippen LogP contribution in [-0.2, 0) is 20.7 Å². The topological polar surface area (TPSA) is 110 Å². The van der Waals surface area contributed by atoms with Gasteiger partial charge in [0, 0.05) is 25.6 Å². The first kappa shape index (κ1) is 29.4. The van der Waals surface area contributed by atoms with Crippen LogP contribution >= 0.6 is 0 Å². The maximum atomic E-state index is 12.4. The summed E-state index contributed by atoms with van der Waals surface area (Å²) in [6.45, 7) is 2.75. The largest absolute Gasteiger partial charge is 0.464 e. The molecule has 0 aromatic carbocycles. The Morgan fingerprint density at radius 2 is 1.71 bits per heavy atom. The third-order valence-corrected chi connectivity index (χ3v) is 5.25. The summed E-state index contributed by atoms with van der Waals surface area (Å²) in [6, 6.07) is -0.746. The zero-order chi connectivity index (χ0) is 24.7. The van der Waals surface area contributed by atoms with Crippen molar-refractivity contribution in [1.82, 2.24) is 15.3 Å². The molecule has 7 nitrogen and oxygen atoms in total. The Balaban J connectivity index is 2.08. The summed E-state index contributed by atoms with van der Waals surface area (Å²) in [6.07, 6.45) is 28.0. The number of aromatic amines is 1. The minimum Gasteiger partial charge on any atom is -0.464 e. The monoisotopic (exact) mass is 472 g/mol. The average Bonchev–Trinajstić information content (AvgIpc) is 3.34. The smallest absolute Gasteiger partial charge is 0.329 e. The lowest BCUT2D eigenvalue weighted by Gasteiger charge is -2.17. The number of ether oxygens (including phenoxy) is 1. The highest BCUT2D eigenvalue weighted by Crippen LogP contribution is 2.09. The zero-order valence-electron chi connectivity index (χ0n) is 20.8. The number of imidazole rings is 1. The van der Waals surface area contributed by atoms with Crippen LogP contribution in [0.5, 0.6) is 0 Å². The number of nitrogens with zero attached hydrogens (tertiary/aromatic N) is 1. The van der Waals surface area contributed by atoms with Gasteiger partial charge < -0.3 is 20.8 Å². The van der Waals surface area contributed by atoms with E-state index in [0.29, 0.717) is 18.7 Å². The predicted molar refractivity (Wildman–Crippen MR) is 138 cm³/mol. The highest BCUT2D eigenvalue weighted by molar-refractivity contribution is 5.84. The number of unbranched alkanes of at least 4 members (excludes halogenated alkanes) is 6. The van der Waals surface area contributed by atoms with Crippen molar-refractivity contribution in [1.29, 1.82) is 0 Å². The predicted octanol–water partition coefficient (Wildman–Crippen LogP) is 4.92. The third-order valence-electron chi connectivity index (χ3n) is 5.25. The minimum absolute atomic E-state index is 0.175. The Morgan fingerprint density at radius 3 is 2.38 bits per heavy atom. The molecule has 0 aliphatic heterocycles. The molecule has 0 saturated heterocycles. The molecular formula is C27H44N4O3. The maximum absolute atomic E-state index is 12.4. The van der Waals surface area contributed by atoms with Crippen LogP contribution in [0.2, 0.25) is 0 Å². The van der Waals surface area contributed by atoms with Gasteiger partial charge in [-0.3, -0.25) is 4.79 Å². The van der Waals surface area contributed by atoms with Gasteiger partial charge in [-0.2, -0.15) is 0 Å². The number of nitrogens with one attached hydrogen (secondary N) is 2. The van der Waals surface area contributed by atoms with E-state index in [4.69, 9.17) is 10.5 Å². The molecule has 34 heavy (non-hydrogen) atoms. The molecule has 0 aliphatic carbocycles. The van der Waals surface area contributed by atoms with Gasteiger partial charge in [0.25, 0.3) is 0 Å². The van der Waals surface area contributed by atoms with Crippen molar-refractivity contribution >= 4 is 11.9 Å². The quantitative estimate of drug-likeness (QED) is 0.142. The highest BCUT2D eigenvalue weighted by Gasteiger charge is 2.23. The molecule has 0 saturated carbocycles. The molecular weight excluding hydrogens is 428 g/mol. The van der Waals surface area contributed by atoms with Crippen molar-refractivity contribution in [2.24, 2.45) is 5.73 Å². The van der Waals surface area contributed by atoms with Crippen LogP contribution in [0.15, 0.2) is 49.0 Å². The van der Waals surface area contributed by atoms with Crippen LogP contribution in [0.1, 0.15) is 83.2 Å². The Bertz CT molecular complexity index is 726. The van der Waals surface area contributed by atoms with Crippen molar-refractivity contribution in [2.75, 3.05) is 13.2 Å². The molecule has 4 N–H and O–H groups in total. The highest BCUT2D eigenvalue weighted by atomic mass is 16.5. The Morgan fingerprint density at radius 1 is 1.03 bits per heavy atom. The van der Waals surface area contributed by atoms with Crippen LogP contribution < -0.4 is 11.1 Å². The second kappa shape index (κ2) is 20.9. The molecule has 0 spiro atoms. The Kier molecular flexibility index (Phi) is 18.1. The first-order chi connectivity index (χ1) is 16.7. The van der Waals surface area contributed by atoms with Crippen LogP contribution in [0.4, 0.5) is 0 Å². The second-order valence-electron chi connectivity index (χ2n) is 8.29. The number of carbonyl (C=O) groups is 2.